The van der Waals surface area contributed by atoms with Gasteiger partial charge in [0.25, 0.3) is 0 Å². The van der Waals surface area contributed by atoms with Crippen LogP contribution < -0.4 is 0 Å². The molecule has 1 aliphatic rings. The average molecular weight is 380 g/mol. The molecule has 9 heteroatoms. The number of aliphatic carboxylic acids is 1. The number of carboxylic acids is 1. The molecule has 0 saturated carbocycles. The Morgan fingerprint density at radius 3 is 2.71 bits per heavy atom. The van der Waals surface area contributed by atoms with Crippen LogP contribution in [0.4, 0.5) is 0 Å². The lowest BCUT2D eigenvalue weighted by atomic mass is 10.1. The van der Waals surface area contributed by atoms with Crippen molar-refractivity contribution in [3.05, 3.63) is 55.5 Å². The van der Waals surface area contributed by atoms with E-state index in [0.717, 1.165) is 21.5 Å². The molecular formula is C15H10ClN3O3S2. The molecule has 0 amide bonds. The fourth-order valence-electron chi connectivity index (χ4n) is 2.06. The van der Waals surface area contributed by atoms with E-state index in [1.54, 1.807) is 24.3 Å². The third kappa shape index (κ3) is 3.45. The van der Waals surface area contributed by atoms with Crippen LogP contribution in [0, 0.1) is 3.95 Å². The lowest BCUT2D eigenvalue weighted by Crippen LogP contribution is -2.07. The molecule has 1 aliphatic heterocycles. The Morgan fingerprint density at radius 1 is 1.33 bits per heavy atom. The maximum absolute atomic E-state index is 10.8. The molecule has 2 aromatic rings. The Bertz CT molecular complexity index is 955. The number of nitrogens with zero attached hydrogens (tertiary/aromatic N) is 3. The molecule has 2 heterocycles. The predicted molar refractivity (Wildman–Crippen MR) is 94.7 cm³/mol. The highest BCUT2D eigenvalue weighted by molar-refractivity contribution is 7.73. The lowest BCUT2D eigenvalue weighted by molar-refractivity contribution is -0.137. The second-order valence-corrected chi connectivity index (χ2v) is 6.95. The predicted octanol–water partition coefficient (Wildman–Crippen LogP) is 4.57. The molecule has 2 N–H and O–H groups in total. The third-order valence-electron chi connectivity index (χ3n) is 3.16. The van der Waals surface area contributed by atoms with Gasteiger partial charge in [-0.15, -0.1) is 16.5 Å². The van der Waals surface area contributed by atoms with Crippen LogP contribution in [0.15, 0.2) is 46.3 Å². The molecule has 122 valence electrons. The monoisotopic (exact) mass is 379 g/mol. The minimum atomic E-state index is -1.08. The Labute approximate surface area is 150 Å². The number of allylic oxidation sites excluding steroid dienone is 1. The van der Waals surface area contributed by atoms with E-state index < -0.39 is 12.5 Å². The van der Waals surface area contributed by atoms with Crippen molar-refractivity contribution < 1.29 is 15.0 Å². The molecule has 0 aliphatic carbocycles. The number of benzene rings is 1. The van der Waals surface area contributed by atoms with Gasteiger partial charge in [0.2, 0.25) is 5.88 Å². The van der Waals surface area contributed by atoms with E-state index in [0.29, 0.717) is 21.3 Å². The summed E-state index contributed by atoms with van der Waals surface area (Å²) < 4.78 is 1.43. The van der Waals surface area contributed by atoms with E-state index in [1.165, 1.54) is 0 Å². The summed E-state index contributed by atoms with van der Waals surface area (Å²) in [6, 6.07) is 7.19. The Balaban J connectivity index is 1.91. The highest BCUT2D eigenvalue weighted by Gasteiger charge is 2.15. The van der Waals surface area contributed by atoms with Gasteiger partial charge in [0.05, 0.1) is 16.3 Å². The van der Waals surface area contributed by atoms with E-state index in [2.05, 4.69) is 10.2 Å². The SMILES string of the molecule is O=C(O)Cn1c(O)c(/C=C2\C=C(c3ccc(Cl)cc3)N=N2)sc1=S. The van der Waals surface area contributed by atoms with E-state index in [1.807, 2.05) is 12.1 Å². The molecular weight excluding hydrogens is 370 g/mol. The molecule has 0 fully saturated rings. The van der Waals surface area contributed by atoms with Crippen molar-refractivity contribution in [2.45, 2.75) is 6.54 Å². The van der Waals surface area contributed by atoms with Crippen LogP contribution >= 0.6 is 35.2 Å². The van der Waals surface area contributed by atoms with Gasteiger partial charge in [-0.25, -0.2) is 0 Å². The molecule has 1 aromatic heterocycles. The van der Waals surface area contributed by atoms with E-state index >= 15 is 0 Å². The van der Waals surface area contributed by atoms with Gasteiger partial charge in [0.15, 0.2) is 3.95 Å². The van der Waals surface area contributed by atoms with Crippen molar-refractivity contribution >= 4 is 52.9 Å². The van der Waals surface area contributed by atoms with Crippen LogP contribution in [0.1, 0.15) is 10.4 Å². The molecule has 0 spiro atoms. The van der Waals surface area contributed by atoms with Gasteiger partial charge in [0, 0.05) is 10.6 Å². The largest absolute Gasteiger partial charge is 0.493 e. The van der Waals surface area contributed by atoms with Gasteiger partial charge in [-0.3, -0.25) is 9.36 Å². The maximum atomic E-state index is 10.8. The van der Waals surface area contributed by atoms with Gasteiger partial charge >= 0.3 is 5.97 Å². The zero-order valence-electron chi connectivity index (χ0n) is 12.0. The number of aromatic nitrogens is 1. The van der Waals surface area contributed by atoms with Crippen LogP contribution in [-0.2, 0) is 11.3 Å². The first kappa shape index (κ1) is 16.6. The number of hydrogen-bond acceptors (Lipinski definition) is 6. The van der Waals surface area contributed by atoms with Crippen LogP contribution in [0.3, 0.4) is 0 Å². The van der Waals surface area contributed by atoms with Crippen molar-refractivity contribution in [3.8, 4) is 5.88 Å². The molecule has 0 saturated heterocycles. The van der Waals surface area contributed by atoms with Crippen molar-refractivity contribution in [2.75, 3.05) is 0 Å². The van der Waals surface area contributed by atoms with E-state index in [-0.39, 0.29) is 9.83 Å². The van der Waals surface area contributed by atoms with Gasteiger partial charge < -0.3 is 10.2 Å². The third-order valence-corrected chi connectivity index (χ3v) is 4.80. The maximum Gasteiger partial charge on any atom is 0.323 e. The summed E-state index contributed by atoms with van der Waals surface area (Å²) in [5.41, 5.74) is 2.08. The molecule has 0 bridgehead atoms. The Morgan fingerprint density at radius 2 is 2.04 bits per heavy atom. The minimum Gasteiger partial charge on any atom is -0.493 e. The quantitative estimate of drug-likeness (QED) is 0.761. The van der Waals surface area contributed by atoms with Gasteiger partial charge in [0.1, 0.15) is 6.54 Å². The standard InChI is InChI=1S/C15H10ClN3O3S2/c16-9-3-1-8(2-4-9)11-5-10(17-18-11)6-12-14(22)19(7-13(20)21)15(23)24-12/h1-6,22H,7H2,(H,20,21)/b10-6+. The lowest BCUT2D eigenvalue weighted by Gasteiger charge is -1.99. The minimum absolute atomic E-state index is 0.191. The smallest absolute Gasteiger partial charge is 0.323 e. The first-order chi connectivity index (χ1) is 11.4. The van der Waals surface area contributed by atoms with Crippen molar-refractivity contribution in [1.82, 2.24) is 4.57 Å². The molecule has 0 unspecified atom stereocenters. The summed E-state index contributed by atoms with van der Waals surface area (Å²) in [5, 5.41) is 27.7. The number of carbonyl (C=O) groups is 1. The number of aromatic hydroxyl groups is 1. The molecule has 0 atom stereocenters. The van der Waals surface area contributed by atoms with Crippen LogP contribution in [-0.4, -0.2) is 20.7 Å². The zero-order valence-corrected chi connectivity index (χ0v) is 14.4. The van der Waals surface area contributed by atoms with Crippen LogP contribution in [0.25, 0.3) is 11.8 Å². The molecule has 24 heavy (non-hydrogen) atoms. The molecule has 3 rings (SSSR count). The topological polar surface area (TPSA) is 87.2 Å². The number of halogens is 1. The molecule has 6 nitrogen and oxygen atoms in total. The Hall–Kier alpha value is -2.29. The molecule has 1 aromatic carbocycles. The first-order valence-electron chi connectivity index (χ1n) is 6.69. The number of azo groups is 1. The number of carboxylic acid groups (broad SMARTS) is 1. The summed E-state index contributed by atoms with van der Waals surface area (Å²) >= 11 is 12.0. The second kappa shape index (κ2) is 6.68. The highest BCUT2D eigenvalue weighted by atomic mass is 35.5. The van der Waals surface area contributed by atoms with E-state index in [9.17, 15) is 9.90 Å². The van der Waals surface area contributed by atoms with Gasteiger partial charge in [-0.2, -0.15) is 5.11 Å². The van der Waals surface area contributed by atoms with Gasteiger partial charge in [-0.05, 0) is 36.5 Å². The molecule has 0 radical (unpaired) electrons. The van der Waals surface area contributed by atoms with Gasteiger partial charge in [-0.1, -0.05) is 23.7 Å². The second-order valence-electron chi connectivity index (χ2n) is 4.84. The normalized spacial score (nSPS) is 15.0. The van der Waals surface area contributed by atoms with Crippen LogP contribution in [0.5, 0.6) is 5.88 Å². The first-order valence-corrected chi connectivity index (χ1v) is 8.30. The summed E-state index contributed by atoms with van der Waals surface area (Å²) in [4.78, 5) is 11.2. The number of rotatable bonds is 4. The average Bonchev–Trinajstić information content (AvgIpc) is 3.09. The van der Waals surface area contributed by atoms with Crippen molar-refractivity contribution in [1.29, 1.82) is 0 Å². The number of hydrogen-bond donors (Lipinski definition) is 2. The number of thiazole rings is 1. The summed E-state index contributed by atoms with van der Waals surface area (Å²) in [6.07, 6.45) is 3.37. The fourth-order valence-corrected chi connectivity index (χ4v) is 3.44. The highest BCUT2D eigenvalue weighted by Crippen LogP contribution is 2.32. The summed E-state index contributed by atoms with van der Waals surface area (Å²) in [7, 11) is 0. The summed E-state index contributed by atoms with van der Waals surface area (Å²) in [6.45, 7) is -0.391. The fraction of sp³-hybridized carbons (Fsp3) is 0.0667. The zero-order chi connectivity index (χ0) is 17.3. The summed E-state index contributed by atoms with van der Waals surface area (Å²) in [5.74, 6) is -1.27. The van der Waals surface area contributed by atoms with E-state index in [4.69, 9.17) is 28.9 Å². The van der Waals surface area contributed by atoms with Crippen molar-refractivity contribution in [2.24, 2.45) is 10.2 Å². The van der Waals surface area contributed by atoms with Crippen LogP contribution in [0.2, 0.25) is 5.02 Å². The Kier molecular flexibility index (Phi) is 4.61. The van der Waals surface area contributed by atoms with Crippen molar-refractivity contribution in [3.63, 3.8) is 0 Å².